The Labute approximate surface area is 128 Å². The van der Waals surface area contributed by atoms with Crippen LogP contribution in [-0.4, -0.2) is 39.8 Å². The van der Waals surface area contributed by atoms with Gasteiger partial charge in [0.15, 0.2) is 5.82 Å². The van der Waals surface area contributed by atoms with Gasteiger partial charge in [0.1, 0.15) is 5.82 Å². The summed E-state index contributed by atoms with van der Waals surface area (Å²) in [6, 6.07) is 13.4. The fourth-order valence-corrected chi connectivity index (χ4v) is 2.16. The van der Waals surface area contributed by atoms with Crippen molar-refractivity contribution in [2.75, 3.05) is 19.4 Å². The van der Waals surface area contributed by atoms with Crippen LogP contribution in [0.5, 0.6) is 0 Å². The maximum Gasteiger partial charge on any atom is 0.322 e. The quantitative estimate of drug-likeness (QED) is 0.790. The third-order valence-corrected chi connectivity index (χ3v) is 3.27. The molecule has 0 radical (unpaired) electrons. The van der Waals surface area contributed by atoms with Crippen molar-refractivity contribution >= 4 is 22.8 Å². The van der Waals surface area contributed by atoms with Gasteiger partial charge < -0.3 is 4.90 Å². The molecule has 2 aromatic heterocycles. The average Bonchev–Trinajstić information content (AvgIpc) is 2.87. The van der Waals surface area contributed by atoms with E-state index in [0.717, 1.165) is 16.6 Å². The molecule has 0 saturated heterocycles. The Balaban J connectivity index is 2.04. The number of benzene rings is 1. The van der Waals surface area contributed by atoms with Gasteiger partial charge in [0, 0.05) is 25.5 Å². The number of hydrogen-bond acceptors (Lipinski definition) is 3. The number of aryl methyl sites for hydroxylation is 1. The van der Waals surface area contributed by atoms with Crippen molar-refractivity contribution in [3.63, 3.8) is 0 Å². The summed E-state index contributed by atoms with van der Waals surface area (Å²) in [6.07, 6.45) is 0. The second-order valence-electron chi connectivity index (χ2n) is 5.27. The van der Waals surface area contributed by atoms with Crippen molar-refractivity contribution in [3.8, 4) is 5.82 Å². The van der Waals surface area contributed by atoms with E-state index < -0.39 is 0 Å². The lowest BCUT2D eigenvalue weighted by atomic mass is 10.2. The zero-order valence-electron chi connectivity index (χ0n) is 12.7. The van der Waals surface area contributed by atoms with E-state index in [1.165, 1.54) is 4.90 Å². The Morgan fingerprint density at radius 1 is 1.18 bits per heavy atom. The highest BCUT2D eigenvalue weighted by Crippen LogP contribution is 2.19. The van der Waals surface area contributed by atoms with Crippen molar-refractivity contribution in [2.24, 2.45) is 0 Å². The Hall–Kier alpha value is -2.89. The Morgan fingerprint density at radius 3 is 2.73 bits per heavy atom. The van der Waals surface area contributed by atoms with Gasteiger partial charge in [-0.05, 0) is 25.1 Å². The van der Waals surface area contributed by atoms with Gasteiger partial charge in [0.2, 0.25) is 0 Å². The first-order valence-corrected chi connectivity index (χ1v) is 6.96. The number of nitrogens with zero attached hydrogens (tertiary/aromatic N) is 4. The molecule has 0 aliphatic carbocycles. The molecule has 2 amide bonds. The molecule has 6 heteroatoms. The molecule has 0 spiro atoms. The van der Waals surface area contributed by atoms with Gasteiger partial charge in [-0.25, -0.2) is 9.78 Å². The van der Waals surface area contributed by atoms with Crippen LogP contribution in [-0.2, 0) is 0 Å². The highest BCUT2D eigenvalue weighted by atomic mass is 16.2. The predicted molar refractivity (Wildman–Crippen MR) is 86.3 cm³/mol. The van der Waals surface area contributed by atoms with Crippen LogP contribution in [0.25, 0.3) is 16.7 Å². The molecule has 0 fully saturated rings. The standard InChI is InChI=1S/C16H17N5O/c1-11-10-15(18-16(22)20(2)3)21(19-11)14-9-8-12-6-4-5-7-13(12)17-14/h4-10H,1-3H3,(H,18,22). The van der Waals surface area contributed by atoms with Crippen molar-refractivity contribution in [1.29, 1.82) is 0 Å². The van der Waals surface area contributed by atoms with E-state index in [9.17, 15) is 4.79 Å². The van der Waals surface area contributed by atoms with Crippen molar-refractivity contribution in [1.82, 2.24) is 19.7 Å². The number of hydrogen-bond donors (Lipinski definition) is 1. The van der Waals surface area contributed by atoms with Gasteiger partial charge in [0.25, 0.3) is 0 Å². The molecule has 3 aromatic rings. The van der Waals surface area contributed by atoms with Gasteiger partial charge in [-0.1, -0.05) is 18.2 Å². The largest absolute Gasteiger partial charge is 0.331 e. The molecule has 0 bridgehead atoms. The Morgan fingerprint density at radius 2 is 1.95 bits per heavy atom. The summed E-state index contributed by atoms with van der Waals surface area (Å²) < 4.78 is 1.64. The SMILES string of the molecule is Cc1cc(NC(=O)N(C)C)n(-c2ccc3ccccc3n2)n1. The first-order chi connectivity index (χ1) is 10.5. The molecular weight excluding hydrogens is 278 g/mol. The van der Waals surface area contributed by atoms with Crippen LogP contribution in [0, 0.1) is 6.92 Å². The molecular formula is C16H17N5O. The summed E-state index contributed by atoms with van der Waals surface area (Å²) in [5, 5.41) is 8.31. The number of para-hydroxylation sites is 1. The van der Waals surface area contributed by atoms with Crippen LogP contribution in [0.2, 0.25) is 0 Å². The maximum absolute atomic E-state index is 11.9. The smallest absolute Gasteiger partial charge is 0.322 e. The summed E-state index contributed by atoms with van der Waals surface area (Å²) in [4.78, 5) is 18.0. The van der Waals surface area contributed by atoms with E-state index in [1.54, 1.807) is 18.8 Å². The molecule has 0 atom stereocenters. The molecule has 112 valence electrons. The first-order valence-electron chi connectivity index (χ1n) is 6.96. The summed E-state index contributed by atoms with van der Waals surface area (Å²) in [5.41, 5.74) is 1.70. The van der Waals surface area contributed by atoms with Crippen LogP contribution in [0.3, 0.4) is 0 Å². The zero-order valence-corrected chi connectivity index (χ0v) is 12.7. The number of urea groups is 1. The lowest BCUT2D eigenvalue weighted by molar-refractivity contribution is 0.230. The molecule has 0 unspecified atom stereocenters. The monoisotopic (exact) mass is 295 g/mol. The molecule has 6 nitrogen and oxygen atoms in total. The van der Waals surface area contributed by atoms with Crippen LogP contribution < -0.4 is 5.32 Å². The summed E-state index contributed by atoms with van der Waals surface area (Å²) in [7, 11) is 3.38. The molecule has 1 N–H and O–H groups in total. The molecule has 0 aliphatic heterocycles. The Kier molecular flexibility index (Phi) is 3.50. The number of anilines is 1. The summed E-state index contributed by atoms with van der Waals surface area (Å²) in [5.74, 6) is 1.26. The van der Waals surface area contributed by atoms with Gasteiger partial charge in [-0.3, -0.25) is 5.32 Å². The van der Waals surface area contributed by atoms with Crippen molar-refractivity contribution < 1.29 is 4.79 Å². The van der Waals surface area contributed by atoms with Crippen molar-refractivity contribution in [2.45, 2.75) is 6.92 Å². The van der Waals surface area contributed by atoms with Gasteiger partial charge in [-0.2, -0.15) is 9.78 Å². The number of carbonyl (C=O) groups is 1. The van der Waals surface area contributed by atoms with Crippen molar-refractivity contribution in [3.05, 3.63) is 48.2 Å². The molecule has 22 heavy (non-hydrogen) atoms. The Bertz CT molecular complexity index is 837. The molecule has 3 rings (SSSR count). The van der Waals surface area contributed by atoms with E-state index in [2.05, 4.69) is 15.4 Å². The second kappa shape index (κ2) is 5.48. The minimum absolute atomic E-state index is 0.207. The predicted octanol–water partition coefficient (Wildman–Crippen LogP) is 2.82. The summed E-state index contributed by atoms with van der Waals surface area (Å²) >= 11 is 0. The van der Waals surface area contributed by atoms with Gasteiger partial charge >= 0.3 is 6.03 Å². The molecule has 1 aromatic carbocycles. The number of pyridine rings is 1. The van der Waals surface area contributed by atoms with Crippen LogP contribution in [0.4, 0.5) is 10.6 Å². The minimum atomic E-state index is -0.207. The van der Waals surface area contributed by atoms with Crippen LogP contribution in [0.15, 0.2) is 42.5 Å². The third kappa shape index (κ3) is 2.63. The van der Waals surface area contributed by atoms with Gasteiger partial charge in [0.05, 0.1) is 11.2 Å². The fourth-order valence-electron chi connectivity index (χ4n) is 2.16. The third-order valence-electron chi connectivity index (χ3n) is 3.27. The molecule has 0 saturated carbocycles. The number of rotatable bonds is 2. The number of carbonyl (C=O) groups excluding carboxylic acids is 1. The van der Waals surface area contributed by atoms with E-state index in [0.29, 0.717) is 11.6 Å². The number of fused-ring (bicyclic) bond motifs is 1. The minimum Gasteiger partial charge on any atom is -0.331 e. The highest BCUT2D eigenvalue weighted by molar-refractivity contribution is 5.88. The van der Waals surface area contributed by atoms with E-state index in [1.807, 2.05) is 49.4 Å². The van der Waals surface area contributed by atoms with E-state index in [4.69, 9.17) is 0 Å². The number of nitrogens with one attached hydrogen (secondary N) is 1. The fraction of sp³-hybridized carbons (Fsp3) is 0.188. The molecule has 0 aliphatic rings. The second-order valence-corrected chi connectivity index (χ2v) is 5.27. The summed E-state index contributed by atoms with van der Waals surface area (Å²) in [6.45, 7) is 1.88. The highest BCUT2D eigenvalue weighted by Gasteiger charge is 2.13. The van der Waals surface area contributed by atoms with Crippen LogP contribution in [0.1, 0.15) is 5.69 Å². The topological polar surface area (TPSA) is 63.1 Å². The zero-order chi connectivity index (χ0) is 15.7. The lowest BCUT2D eigenvalue weighted by Gasteiger charge is -2.13. The normalized spacial score (nSPS) is 10.7. The lowest BCUT2D eigenvalue weighted by Crippen LogP contribution is -2.28. The maximum atomic E-state index is 11.9. The first kappa shape index (κ1) is 14.1. The van der Waals surface area contributed by atoms with Crippen LogP contribution >= 0.6 is 0 Å². The van der Waals surface area contributed by atoms with E-state index >= 15 is 0 Å². The van der Waals surface area contributed by atoms with Gasteiger partial charge in [-0.15, -0.1) is 0 Å². The van der Waals surface area contributed by atoms with E-state index in [-0.39, 0.29) is 6.03 Å². The average molecular weight is 295 g/mol. The molecule has 2 heterocycles. The number of aromatic nitrogens is 3. The number of amides is 2.